The van der Waals surface area contributed by atoms with Gasteiger partial charge in [-0.3, -0.25) is 0 Å². The maximum absolute atomic E-state index is 13.5. The molecule has 1 atom stereocenters. The van der Waals surface area contributed by atoms with Gasteiger partial charge in [0, 0.05) is 21.7 Å². The average molecular weight is 314 g/mol. The van der Waals surface area contributed by atoms with E-state index >= 15 is 0 Å². The third-order valence-electron chi connectivity index (χ3n) is 2.77. The van der Waals surface area contributed by atoms with Crippen LogP contribution in [0.2, 0.25) is 5.02 Å². The van der Waals surface area contributed by atoms with Crippen molar-refractivity contribution in [3.63, 3.8) is 0 Å². The van der Waals surface area contributed by atoms with Crippen LogP contribution in [0.5, 0.6) is 0 Å². The molecule has 0 amide bonds. The topological polar surface area (TPSA) is 26.0 Å². The van der Waals surface area contributed by atoms with Gasteiger partial charge in [0.15, 0.2) is 0 Å². The normalized spacial score (nSPS) is 12.4. The Morgan fingerprint density at radius 1 is 1.10 bits per heavy atom. The first-order chi connectivity index (χ1) is 9.54. The van der Waals surface area contributed by atoms with Gasteiger partial charge in [-0.2, -0.15) is 0 Å². The number of nitrogens with two attached hydrogens (primary N) is 1. The van der Waals surface area contributed by atoms with Gasteiger partial charge >= 0.3 is 0 Å². The molecule has 0 saturated carbocycles. The molecule has 1 nitrogen and oxygen atoms in total. The molecule has 0 aromatic heterocycles. The first-order valence-corrected chi connectivity index (χ1v) is 7.49. The molecule has 0 saturated heterocycles. The fourth-order valence-electron chi connectivity index (χ4n) is 1.78. The van der Waals surface area contributed by atoms with E-state index in [1.165, 1.54) is 6.07 Å². The van der Waals surface area contributed by atoms with E-state index in [1.807, 2.05) is 24.3 Å². The second-order valence-electron chi connectivity index (χ2n) is 4.46. The molecule has 0 bridgehead atoms. The van der Waals surface area contributed by atoms with Gasteiger partial charge in [-0.05, 0) is 54.4 Å². The van der Waals surface area contributed by atoms with Crippen LogP contribution in [0, 0.1) is 11.6 Å². The lowest BCUT2D eigenvalue weighted by atomic mass is 10.1. The number of halogens is 3. The maximum Gasteiger partial charge on any atom is 0.126 e. The molecule has 0 aliphatic carbocycles. The van der Waals surface area contributed by atoms with Gasteiger partial charge < -0.3 is 5.73 Å². The quantitative estimate of drug-likeness (QED) is 0.834. The molecule has 0 heterocycles. The molecule has 1 unspecified atom stereocenters. The highest BCUT2D eigenvalue weighted by atomic mass is 35.5. The first kappa shape index (κ1) is 15.3. The molecular weight excluding hydrogens is 300 g/mol. The highest BCUT2D eigenvalue weighted by Crippen LogP contribution is 2.22. The smallest absolute Gasteiger partial charge is 0.126 e. The van der Waals surface area contributed by atoms with E-state index in [4.69, 9.17) is 17.3 Å². The lowest BCUT2D eigenvalue weighted by Crippen LogP contribution is -2.26. The SMILES string of the molecule is NC(CSc1ccc(Cl)cc1)Cc1cc(F)ccc1F. The van der Waals surface area contributed by atoms with Gasteiger partial charge in [-0.1, -0.05) is 11.6 Å². The van der Waals surface area contributed by atoms with Crippen molar-refractivity contribution < 1.29 is 8.78 Å². The Morgan fingerprint density at radius 3 is 2.50 bits per heavy atom. The predicted octanol–water partition coefficient (Wildman–Crippen LogP) is 4.28. The van der Waals surface area contributed by atoms with E-state index in [2.05, 4.69) is 0 Å². The fraction of sp³-hybridized carbons (Fsp3) is 0.200. The van der Waals surface area contributed by atoms with Crippen molar-refractivity contribution in [2.75, 3.05) is 5.75 Å². The van der Waals surface area contributed by atoms with Gasteiger partial charge in [0.25, 0.3) is 0 Å². The van der Waals surface area contributed by atoms with Crippen molar-refractivity contribution in [1.82, 2.24) is 0 Å². The number of rotatable bonds is 5. The molecule has 0 aliphatic heterocycles. The second kappa shape index (κ2) is 7.07. The monoisotopic (exact) mass is 313 g/mol. The van der Waals surface area contributed by atoms with E-state index in [0.717, 1.165) is 17.0 Å². The molecule has 2 aromatic carbocycles. The summed E-state index contributed by atoms with van der Waals surface area (Å²) in [5.74, 6) is -0.241. The van der Waals surface area contributed by atoms with Gasteiger partial charge in [-0.25, -0.2) is 8.78 Å². The van der Waals surface area contributed by atoms with Crippen LogP contribution < -0.4 is 5.73 Å². The van der Waals surface area contributed by atoms with Crippen LogP contribution in [-0.2, 0) is 6.42 Å². The lowest BCUT2D eigenvalue weighted by molar-refractivity contribution is 0.576. The molecule has 0 fully saturated rings. The van der Waals surface area contributed by atoms with E-state index in [0.29, 0.717) is 22.8 Å². The standard InChI is InChI=1S/C15H14ClF2NS/c16-11-1-4-14(5-2-11)20-9-13(19)8-10-7-12(17)3-6-15(10)18/h1-7,13H,8-9,19H2. The van der Waals surface area contributed by atoms with Crippen LogP contribution in [0.25, 0.3) is 0 Å². The first-order valence-electron chi connectivity index (χ1n) is 6.12. The number of hydrogen-bond acceptors (Lipinski definition) is 2. The fourth-order valence-corrected chi connectivity index (χ4v) is 2.75. The molecule has 2 rings (SSSR count). The van der Waals surface area contributed by atoms with Crippen molar-refractivity contribution in [2.45, 2.75) is 17.4 Å². The third-order valence-corrected chi connectivity index (χ3v) is 4.22. The Bertz CT molecular complexity index is 575. The Labute approximate surface area is 126 Å². The molecule has 20 heavy (non-hydrogen) atoms. The molecule has 2 N–H and O–H groups in total. The summed E-state index contributed by atoms with van der Waals surface area (Å²) in [4.78, 5) is 1.05. The maximum atomic E-state index is 13.5. The zero-order valence-electron chi connectivity index (χ0n) is 10.7. The molecule has 0 spiro atoms. The summed E-state index contributed by atoms with van der Waals surface area (Å²) >= 11 is 7.37. The van der Waals surface area contributed by atoms with Gasteiger partial charge in [0.05, 0.1) is 0 Å². The van der Waals surface area contributed by atoms with Crippen molar-refractivity contribution in [1.29, 1.82) is 0 Å². The molecule has 2 aromatic rings. The van der Waals surface area contributed by atoms with Gasteiger partial charge in [0.1, 0.15) is 11.6 Å². The highest BCUT2D eigenvalue weighted by molar-refractivity contribution is 7.99. The number of thioether (sulfide) groups is 1. The minimum atomic E-state index is -0.445. The van der Waals surface area contributed by atoms with E-state index < -0.39 is 11.6 Å². The Kier molecular flexibility index (Phi) is 5.40. The number of benzene rings is 2. The van der Waals surface area contributed by atoms with Crippen LogP contribution in [0.4, 0.5) is 8.78 Å². The molecule has 0 radical (unpaired) electrons. The molecule has 5 heteroatoms. The molecule has 106 valence electrons. The minimum Gasteiger partial charge on any atom is -0.327 e. The third kappa shape index (κ3) is 4.47. The summed E-state index contributed by atoms with van der Waals surface area (Å²) in [6, 6.07) is 10.6. The van der Waals surface area contributed by atoms with E-state index in [1.54, 1.807) is 11.8 Å². The Morgan fingerprint density at radius 2 is 1.80 bits per heavy atom. The summed E-state index contributed by atoms with van der Waals surface area (Å²) in [5.41, 5.74) is 6.28. The molecular formula is C15H14ClF2NS. The van der Waals surface area contributed by atoms with Crippen molar-refractivity contribution in [2.24, 2.45) is 5.73 Å². The van der Waals surface area contributed by atoms with Crippen LogP contribution in [-0.4, -0.2) is 11.8 Å². The lowest BCUT2D eigenvalue weighted by Gasteiger charge is -2.12. The summed E-state index contributed by atoms with van der Waals surface area (Å²) in [6.45, 7) is 0. The minimum absolute atomic E-state index is 0.244. The van der Waals surface area contributed by atoms with Crippen molar-refractivity contribution >= 4 is 23.4 Å². The zero-order valence-corrected chi connectivity index (χ0v) is 12.2. The van der Waals surface area contributed by atoms with E-state index in [9.17, 15) is 8.78 Å². The number of hydrogen-bond donors (Lipinski definition) is 1. The second-order valence-corrected chi connectivity index (χ2v) is 5.99. The highest BCUT2D eigenvalue weighted by Gasteiger charge is 2.10. The summed E-state index contributed by atoms with van der Waals surface area (Å²) in [6.07, 6.45) is 0.310. The largest absolute Gasteiger partial charge is 0.327 e. The van der Waals surface area contributed by atoms with Gasteiger partial charge in [0.2, 0.25) is 0 Å². The average Bonchev–Trinajstić information content (AvgIpc) is 2.42. The Hall–Kier alpha value is -1.10. The predicted molar refractivity (Wildman–Crippen MR) is 80.2 cm³/mol. The van der Waals surface area contributed by atoms with Crippen LogP contribution in [0.3, 0.4) is 0 Å². The zero-order chi connectivity index (χ0) is 14.5. The summed E-state index contributed by atoms with van der Waals surface area (Å²) < 4.78 is 26.6. The molecule has 0 aliphatic rings. The summed E-state index contributed by atoms with van der Waals surface area (Å²) in [5, 5.41) is 0.681. The van der Waals surface area contributed by atoms with Crippen LogP contribution in [0.1, 0.15) is 5.56 Å². The van der Waals surface area contributed by atoms with Crippen LogP contribution >= 0.6 is 23.4 Å². The Balaban J connectivity index is 1.90. The van der Waals surface area contributed by atoms with E-state index in [-0.39, 0.29) is 6.04 Å². The summed E-state index contributed by atoms with van der Waals surface area (Å²) in [7, 11) is 0. The van der Waals surface area contributed by atoms with Crippen molar-refractivity contribution in [3.05, 3.63) is 64.7 Å². The van der Waals surface area contributed by atoms with Crippen molar-refractivity contribution in [3.8, 4) is 0 Å². The van der Waals surface area contributed by atoms with Gasteiger partial charge in [-0.15, -0.1) is 11.8 Å². The van der Waals surface area contributed by atoms with Crippen LogP contribution in [0.15, 0.2) is 47.4 Å².